The number of rotatable bonds is 7. The number of benzene rings is 1. The summed E-state index contributed by atoms with van der Waals surface area (Å²) in [7, 11) is 1.97. The molecule has 32 heavy (non-hydrogen) atoms. The first-order valence-corrected chi connectivity index (χ1v) is 10.8. The molecule has 2 atom stereocenters. The molecule has 2 N–H and O–H groups in total. The van der Waals surface area contributed by atoms with Gasteiger partial charge in [0.25, 0.3) is 0 Å². The second-order valence-electron chi connectivity index (χ2n) is 7.81. The van der Waals surface area contributed by atoms with Gasteiger partial charge in [-0.25, -0.2) is 4.98 Å². The third-order valence-corrected chi connectivity index (χ3v) is 6.10. The van der Waals surface area contributed by atoms with Crippen LogP contribution in [0.3, 0.4) is 0 Å². The van der Waals surface area contributed by atoms with Gasteiger partial charge >= 0.3 is 6.18 Å². The molecule has 0 unspecified atom stereocenters. The van der Waals surface area contributed by atoms with Gasteiger partial charge < -0.3 is 14.9 Å². The summed E-state index contributed by atoms with van der Waals surface area (Å²) < 4.78 is 43.6. The molecular formula is C21H22F3N5O2S. The zero-order valence-electron chi connectivity index (χ0n) is 17.3. The molecule has 1 fully saturated rings. The van der Waals surface area contributed by atoms with Crippen molar-refractivity contribution in [3.05, 3.63) is 64.5 Å². The molecule has 0 saturated carbocycles. The molecular weight excluding hydrogens is 443 g/mol. The van der Waals surface area contributed by atoms with E-state index in [0.717, 1.165) is 23.7 Å². The molecule has 0 amide bonds. The molecule has 0 bridgehead atoms. The number of hydrogen-bond acceptors (Lipinski definition) is 8. The molecule has 1 aliphatic heterocycles. The largest absolute Gasteiger partial charge is 0.416 e. The van der Waals surface area contributed by atoms with Crippen LogP contribution in [0.1, 0.15) is 34.6 Å². The molecule has 11 heteroatoms. The second-order valence-corrected chi connectivity index (χ2v) is 8.76. The quantitative estimate of drug-likeness (QED) is 0.514. The standard InChI is InChI=1S/C21H22F3N5O2S/c1-3-8-29(2)10-17-26-16(11-32-17)20(30)9-15(25-12-20)19-27-18(28-31-19)13-4-6-14(7-5-13)21(22,23)24/h3-7,11,15,25,30H,1,8-10,12H2,2H3/t15-,20-/m1/s1. The van der Waals surface area contributed by atoms with E-state index in [4.69, 9.17) is 4.52 Å². The van der Waals surface area contributed by atoms with E-state index in [1.54, 1.807) is 0 Å². The lowest BCUT2D eigenvalue weighted by molar-refractivity contribution is -0.137. The van der Waals surface area contributed by atoms with Crippen LogP contribution in [-0.2, 0) is 18.3 Å². The van der Waals surface area contributed by atoms with Crippen molar-refractivity contribution in [3.63, 3.8) is 0 Å². The Balaban J connectivity index is 1.44. The first-order valence-electron chi connectivity index (χ1n) is 9.89. The molecule has 3 aromatic rings. The number of β-amino-alcohol motifs (C(OH)–C–C–N with tert-alkyl or cyclic N) is 1. The minimum atomic E-state index is -4.41. The maximum atomic E-state index is 12.7. The molecule has 0 radical (unpaired) electrons. The molecule has 1 aromatic carbocycles. The highest BCUT2D eigenvalue weighted by Gasteiger charge is 2.43. The molecule has 7 nitrogen and oxygen atoms in total. The summed E-state index contributed by atoms with van der Waals surface area (Å²) in [4.78, 5) is 11.0. The zero-order valence-corrected chi connectivity index (χ0v) is 18.1. The molecule has 2 aromatic heterocycles. The Morgan fingerprint density at radius 1 is 1.34 bits per heavy atom. The van der Waals surface area contributed by atoms with Crippen LogP contribution < -0.4 is 5.32 Å². The number of nitrogens with one attached hydrogen (secondary N) is 1. The first kappa shape index (κ1) is 22.6. The van der Waals surface area contributed by atoms with Gasteiger partial charge in [-0.2, -0.15) is 18.2 Å². The molecule has 1 saturated heterocycles. The lowest BCUT2D eigenvalue weighted by Gasteiger charge is -2.18. The van der Waals surface area contributed by atoms with Crippen LogP contribution in [0.5, 0.6) is 0 Å². The Labute approximate surface area is 186 Å². The average Bonchev–Trinajstić information content (AvgIpc) is 3.48. The van der Waals surface area contributed by atoms with E-state index < -0.39 is 23.4 Å². The van der Waals surface area contributed by atoms with Crippen molar-refractivity contribution in [2.24, 2.45) is 0 Å². The summed E-state index contributed by atoms with van der Waals surface area (Å²) in [5.74, 6) is 0.448. The van der Waals surface area contributed by atoms with Gasteiger partial charge in [0.1, 0.15) is 10.6 Å². The van der Waals surface area contributed by atoms with E-state index in [-0.39, 0.29) is 24.7 Å². The number of halogens is 3. The molecule has 0 spiro atoms. The summed E-state index contributed by atoms with van der Waals surface area (Å²) in [5.41, 5.74) is -0.929. The van der Waals surface area contributed by atoms with Gasteiger partial charge in [0.15, 0.2) is 0 Å². The highest BCUT2D eigenvalue weighted by Crippen LogP contribution is 2.38. The van der Waals surface area contributed by atoms with Crippen molar-refractivity contribution < 1.29 is 22.8 Å². The third-order valence-electron chi connectivity index (χ3n) is 5.27. The highest BCUT2D eigenvalue weighted by atomic mass is 32.1. The topological polar surface area (TPSA) is 87.3 Å². The van der Waals surface area contributed by atoms with Crippen LogP contribution in [-0.4, -0.2) is 45.3 Å². The molecule has 170 valence electrons. The number of alkyl halides is 3. The summed E-state index contributed by atoms with van der Waals surface area (Å²) >= 11 is 1.48. The van der Waals surface area contributed by atoms with Crippen molar-refractivity contribution in [1.29, 1.82) is 0 Å². The van der Waals surface area contributed by atoms with Gasteiger partial charge in [-0.15, -0.1) is 17.9 Å². The molecule has 3 heterocycles. The summed E-state index contributed by atoms with van der Waals surface area (Å²) in [6, 6.07) is 4.16. The maximum absolute atomic E-state index is 12.7. The van der Waals surface area contributed by atoms with Gasteiger partial charge in [0.05, 0.1) is 23.8 Å². The highest BCUT2D eigenvalue weighted by molar-refractivity contribution is 7.09. The van der Waals surface area contributed by atoms with E-state index >= 15 is 0 Å². The SMILES string of the molecule is C=CCN(C)Cc1nc([C@]2(O)CN[C@@H](c3nc(-c4ccc(C(F)(F)F)cc4)no3)C2)cs1. The Morgan fingerprint density at radius 2 is 2.09 bits per heavy atom. The number of thiazole rings is 1. The average molecular weight is 466 g/mol. The van der Waals surface area contributed by atoms with Gasteiger partial charge in [-0.05, 0) is 19.2 Å². The molecule has 0 aliphatic carbocycles. The lowest BCUT2D eigenvalue weighted by Crippen LogP contribution is -2.28. The summed E-state index contributed by atoms with van der Waals surface area (Å²) in [5, 5.41) is 20.9. The Morgan fingerprint density at radius 3 is 2.78 bits per heavy atom. The zero-order chi connectivity index (χ0) is 22.9. The Hall–Kier alpha value is -2.60. The Kier molecular flexibility index (Phi) is 6.17. The summed E-state index contributed by atoms with van der Waals surface area (Å²) in [6.45, 7) is 5.38. The lowest BCUT2D eigenvalue weighted by atomic mass is 9.97. The van der Waals surface area contributed by atoms with Crippen molar-refractivity contribution in [2.45, 2.75) is 30.8 Å². The van der Waals surface area contributed by atoms with Crippen LogP contribution in [0.25, 0.3) is 11.4 Å². The predicted molar refractivity (Wildman–Crippen MR) is 113 cm³/mol. The first-order chi connectivity index (χ1) is 15.2. The van der Waals surface area contributed by atoms with Gasteiger partial charge in [0.2, 0.25) is 11.7 Å². The van der Waals surface area contributed by atoms with Crippen LogP contribution in [0.15, 0.2) is 46.8 Å². The predicted octanol–water partition coefficient (Wildman–Crippen LogP) is 3.75. The van der Waals surface area contributed by atoms with Gasteiger partial charge in [-0.3, -0.25) is 4.90 Å². The number of aliphatic hydroxyl groups is 1. The fraction of sp³-hybridized carbons (Fsp3) is 0.381. The van der Waals surface area contributed by atoms with Crippen molar-refractivity contribution >= 4 is 11.3 Å². The number of hydrogen-bond donors (Lipinski definition) is 2. The minimum absolute atomic E-state index is 0.187. The van der Waals surface area contributed by atoms with E-state index in [0.29, 0.717) is 17.8 Å². The van der Waals surface area contributed by atoms with Crippen molar-refractivity contribution in [2.75, 3.05) is 20.1 Å². The maximum Gasteiger partial charge on any atom is 0.416 e. The molecule has 4 rings (SSSR count). The smallest absolute Gasteiger partial charge is 0.382 e. The monoisotopic (exact) mass is 465 g/mol. The third kappa shape index (κ3) is 4.75. The Bertz CT molecular complexity index is 1080. The number of nitrogens with zero attached hydrogens (tertiary/aromatic N) is 4. The normalized spacial score (nSPS) is 21.4. The minimum Gasteiger partial charge on any atom is -0.382 e. The fourth-order valence-corrected chi connectivity index (χ4v) is 4.52. The van der Waals surface area contributed by atoms with E-state index in [9.17, 15) is 18.3 Å². The van der Waals surface area contributed by atoms with Crippen LogP contribution in [0.4, 0.5) is 13.2 Å². The van der Waals surface area contributed by atoms with Crippen molar-refractivity contribution in [3.8, 4) is 11.4 Å². The van der Waals surface area contributed by atoms with Gasteiger partial charge in [-0.1, -0.05) is 23.4 Å². The fourth-order valence-electron chi connectivity index (χ4n) is 3.56. The van der Waals surface area contributed by atoms with Crippen LogP contribution >= 0.6 is 11.3 Å². The molecule has 1 aliphatic rings. The van der Waals surface area contributed by atoms with E-state index in [2.05, 4.69) is 31.9 Å². The summed E-state index contributed by atoms with van der Waals surface area (Å²) in [6.07, 6.45) is -2.31. The van der Waals surface area contributed by atoms with E-state index in [1.807, 2.05) is 18.5 Å². The van der Waals surface area contributed by atoms with Crippen molar-refractivity contribution in [1.82, 2.24) is 25.3 Å². The number of aromatic nitrogens is 3. The van der Waals surface area contributed by atoms with Crippen LogP contribution in [0, 0.1) is 0 Å². The van der Waals surface area contributed by atoms with Gasteiger partial charge in [0, 0.05) is 30.5 Å². The van der Waals surface area contributed by atoms with E-state index in [1.165, 1.54) is 23.5 Å². The second kappa shape index (κ2) is 8.74. The number of likely N-dealkylation sites (N-methyl/N-ethyl adjacent to an activating group) is 1. The van der Waals surface area contributed by atoms with Crippen LogP contribution in [0.2, 0.25) is 0 Å².